The van der Waals surface area contributed by atoms with Gasteiger partial charge in [0.2, 0.25) is 0 Å². The fraction of sp³-hybridized carbons (Fsp3) is 1.00. The zero-order valence-electron chi connectivity index (χ0n) is 10.7. The lowest BCUT2D eigenvalue weighted by Crippen LogP contribution is -2.76. The van der Waals surface area contributed by atoms with Crippen LogP contribution in [0.25, 0.3) is 0 Å². The highest BCUT2D eigenvalue weighted by Gasteiger charge is 3.08. The van der Waals surface area contributed by atoms with Gasteiger partial charge in [-0.3, -0.25) is 0 Å². The summed E-state index contributed by atoms with van der Waals surface area (Å²) in [5, 5.41) is 0. The predicted octanol–water partition coefficient (Wildman–Crippen LogP) is 1.51. The zero-order chi connectivity index (χ0) is 13.1. The van der Waals surface area contributed by atoms with Crippen molar-refractivity contribution in [3.63, 3.8) is 0 Å². The molecule has 6 saturated carbocycles. The van der Waals surface area contributed by atoms with Crippen LogP contribution in [0.3, 0.4) is 0 Å². The van der Waals surface area contributed by atoms with Crippen LogP contribution < -0.4 is 0 Å². The molecule has 2 spiro atoms. The molecule has 0 N–H and O–H groups in total. The van der Waals surface area contributed by atoms with Gasteiger partial charge in [-0.1, -0.05) is 31.9 Å². The Morgan fingerprint density at radius 1 is 0.550 bits per heavy atom. The highest BCUT2D eigenvalue weighted by molar-refractivity contribution is 9.10. The Bertz CT molecular complexity index is 522. The van der Waals surface area contributed by atoms with Crippen molar-refractivity contribution in [1.82, 2.24) is 0 Å². The van der Waals surface area contributed by atoms with E-state index in [0.29, 0.717) is 35.5 Å². The molecule has 2 saturated heterocycles. The second-order valence-electron chi connectivity index (χ2n) is 7.42. The zero-order valence-corrected chi connectivity index (χ0v) is 13.9. The van der Waals surface area contributed by atoms with Crippen LogP contribution in [-0.4, -0.2) is 46.7 Å². The van der Waals surface area contributed by atoms with E-state index in [1.165, 1.54) is 0 Å². The quantitative estimate of drug-likeness (QED) is 0.572. The second-order valence-corrected chi connectivity index (χ2v) is 10.0. The van der Waals surface area contributed by atoms with Gasteiger partial charge in [0, 0.05) is 11.8 Å². The van der Waals surface area contributed by atoms with Crippen LogP contribution in [0.2, 0.25) is 0 Å². The maximum Gasteiger partial charge on any atom is 0.188 e. The normalized spacial score (nSPS) is 71.1. The molecule has 8 atom stereocenters. The molecule has 2 heterocycles. The Balaban J connectivity index is 1.53. The first-order valence-corrected chi connectivity index (χ1v) is 9.17. The smallest absolute Gasteiger partial charge is 0.188 e. The average molecular weight is 406 g/mol. The highest BCUT2D eigenvalue weighted by Crippen LogP contribution is 2.99. The van der Waals surface area contributed by atoms with Gasteiger partial charge in [0.15, 0.2) is 11.6 Å². The highest BCUT2D eigenvalue weighted by atomic mass is 79.9. The van der Waals surface area contributed by atoms with Crippen LogP contribution in [-0.2, 0) is 18.9 Å². The lowest BCUT2D eigenvalue weighted by Gasteiger charge is -2.70. The van der Waals surface area contributed by atoms with E-state index in [9.17, 15) is 0 Å². The Labute approximate surface area is 133 Å². The molecule has 0 aromatic carbocycles. The van der Waals surface area contributed by atoms with Gasteiger partial charge in [-0.05, 0) is 23.7 Å². The summed E-state index contributed by atoms with van der Waals surface area (Å²) in [5.74, 6) is 2.47. The van der Waals surface area contributed by atoms with Gasteiger partial charge in [0.1, 0.15) is 0 Å². The summed E-state index contributed by atoms with van der Waals surface area (Å²) in [6.45, 7) is 2.88. The molecule has 4 bridgehead atoms. The van der Waals surface area contributed by atoms with E-state index in [2.05, 4.69) is 31.9 Å². The van der Waals surface area contributed by atoms with Gasteiger partial charge in [-0.15, -0.1) is 0 Å². The molecule has 0 aromatic heterocycles. The summed E-state index contributed by atoms with van der Waals surface area (Å²) in [6.07, 6.45) is 0. The molecular formula is C14H14Br2O4. The maximum absolute atomic E-state index is 6.23. The van der Waals surface area contributed by atoms with Crippen LogP contribution in [0.15, 0.2) is 0 Å². The van der Waals surface area contributed by atoms with E-state index >= 15 is 0 Å². The molecular weight excluding hydrogens is 392 g/mol. The van der Waals surface area contributed by atoms with E-state index < -0.39 is 11.6 Å². The predicted molar refractivity (Wildman–Crippen MR) is 73.5 cm³/mol. The first kappa shape index (κ1) is 11.4. The number of halogens is 2. The third kappa shape index (κ3) is 0.636. The third-order valence-electron chi connectivity index (χ3n) is 7.64. The number of ether oxygens (including phenoxy) is 4. The monoisotopic (exact) mass is 404 g/mol. The molecule has 0 radical (unpaired) electrons. The van der Waals surface area contributed by atoms with E-state index in [0.717, 1.165) is 26.4 Å². The fourth-order valence-electron chi connectivity index (χ4n) is 7.71. The first-order chi connectivity index (χ1) is 9.65. The summed E-state index contributed by atoms with van der Waals surface area (Å²) >= 11 is 8.19. The minimum atomic E-state index is -0.414. The fourth-order valence-corrected chi connectivity index (χ4v) is 11.0. The molecule has 6 aliphatic carbocycles. The summed E-state index contributed by atoms with van der Waals surface area (Å²) in [6, 6.07) is 0. The largest absolute Gasteiger partial charge is 0.346 e. The van der Waals surface area contributed by atoms with Gasteiger partial charge < -0.3 is 18.9 Å². The minimum absolute atomic E-state index is 0.0112. The van der Waals surface area contributed by atoms with Gasteiger partial charge in [0.05, 0.1) is 35.1 Å². The van der Waals surface area contributed by atoms with Crippen molar-refractivity contribution in [1.29, 1.82) is 0 Å². The number of hydrogen-bond acceptors (Lipinski definition) is 4. The second kappa shape index (κ2) is 2.71. The molecule has 108 valence electrons. The standard InChI is InChI=1S/C14H14Br2O4/c15-11-5-6-8(11)10-9(13(11)17-1-2-18-13)7(5)12(6,16)14(10)19-3-4-20-14/h5-10H,1-4H2/t5-,6+,7-,8-,9+,10-,11+,12-/m0/s1. The summed E-state index contributed by atoms with van der Waals surface area (Å²) in [4.78, 5) is 0. The van der Waals surface area contributed by atoms with Crippen LogP contribution >= 0.6 is 31.9 Å². The summed E-state index contributed by atoms with van der Waals surface area (Å²) in [5.41, 5.74) is 0. The SMILES string of the molecule is Br[C@]12[C@H]3[C@@H]4[C@H]1[C@H]1[C@@H]([C@H]3[C@]4(Br)C13OCCO3)C21OCCO1. The van der Waals surface area contributed by atoms with Gasteiger partial charge in [-0.25, -0.2) is 0 Å². The van der Waals surface area contributed by atoms with Crippen molar-refractivity contribution in [3.05, 3.63) is 0 Å². The molecule has 6 heteroatoms. The molecule has 8 fully saturated rings. The number of alkyl halides is 2. The van der Waals surface area contributed by atoms with Crippen molar-refractivity contribution in [2.45, 2.75) is 20.2 Å². The molecule has 4 nitrogen and oxygen atoms in total. The van der Waals surface area contributed by atoms with Gasteiger partial charge in [-0.2, -0.15) is 0 Å². The molecule has 2 aliphatic heterocycles. The molecule has 0 unspecified atom stereocenters. The average Bonchev–Trinajstić information content (AvgIpc) is 3.19. The number of rotatable bonds is 0. The summed E-state index contributed by atoms with van der Waals surface area (Å²) < 4.78 is 25.0. The van der Waals surface area contributed by atoms with Crippen molar-refractivity contribution in [3.8, 4) is 0 Å². The Morgan fingerprint density at radius 2 is 0.850 bits per heavy atom. The topological polar surface area (TPSA) is 36.9 Å². The molecule has 8 rings (SSSR count). The van der Waals surface area contributed by atoms with Crippen molar-refractivity contribution < 1.29 is 18.9 Å². The van der Waals surface area contributed by atoms with E-state index in [-0.39, 0.29) is 8.65 Å². The Kier molecular flexibility index (Phi) is 1.54. The Hall–Kier alpha value is 0.800. The maximum atomic E-state index is 6.23. The lowest BCUT2D eigenvalue weighted by atomic mass is 9.40. The molecule has 8 aliphatic rings. The van der Waals surface area contributed by atoms with Crippen LogP contribution in [0.1, 0.15) is 0 Å². The Morgan fingerprint density at radius 3 is 1.20 bits per heavy atom. The molecule has 0 amide bonds. The number of hydrogen-bond donors (Lipinski definition) is 0. The van der Waals surface area contributed by atoms with E-state index in [1.807, 2.05) is 0 Å². The van der Waals surface area contributed by atoms with Crippen LogP contribution in [0, 0.1) is 35.5 Å². The molecule has 20 heavy (non-hydrogen) atoms. The lowest BCUT2D eigenvalue weighted by molar-refractivity contribution is -0.229. The van der Waals surface area contributed by atoms with Crippen LogP contribution in [0.5, 0.6) is 0 Å². The van der Waals surface area contributed by atoms with E-state index in [4.69, 9.17) is 18.9 Å². The van der Waals surface area contributed by atoms with Gasteiger partial charge in [0.25, 0.3) is 0 Å². The van der Waals surface area contributed by atoms with Crippen LogP contribution in [0.4, 0.5) is 0 Å². The van der Waals surface area contributed by atoms with Crippen molar-refractivity contribution in [2.24, 2.45) is 35.5 Å². The first-order valence-electron chi connectivity index (χ1n) is 7.58. The van der Waals surface area contributed by atoms with Crippen molar-refractivity contribution in [2.75, 3.05) is 26.4 Å². The minimum Gasteiger partial charge on any atom is -0.346 e. The molecule has 0 aromatic rings. The van der Waals surface area contributed by atoms with Gasteiger partial charge >= 0.3 is 0 Å². The third-order valence-corrected chi connectivity index (χ3v) is 10.9. The van der Waals surface area contributed by atoms with E-state index in [1.54, 1.807) is 0 Å². The van der Waals surface area contributed by atoms with Crippen molar-refractivity contribution >= 4 is 31.9 Å². The summed E-state index contributed by atoms with van der Waals surface area (Å²) in [7, 11) is 0.